The number of urea groups is 1. The lowest BCUT2D eigenvalue weighted by atomic mass is 10.2. The summed E-state index contributed by atoms with van der Waals surface area (Å²) in [6, 6.07) is 3.66. The van der Waals surface area contributed by atoms with E-state index in [-0.39, 0.29) is 18.0 Å². The van der Waals surface area contributed by atoms with Crippen molar-refractivity contribution < 1.29 is 19.5 Å². The topological polar surface area (TPSA) is 108 Å². The number of hydrogen-bond acceptors (Lipinski definition) is 3. The smallest absolute Gasteiger partial charge is 0.335 e. The molecule has 1 rings (SSSR count). The van der Waals surface area contributed by atoms with Crippen LogP contribution in [0.3, 0.4) is 0 Å². The van der Waals surface area contributed by atoms with Gasteiger partial charge in [0.25, 0.3) is 0 Å². The molecule has 0 fully saturated rings. The van der Waals surface area contributed by atoms with Crippen molar-refractivity contribution in [2.45, 2.75) is 13.3 Å². The number of carboxylic acid groups (broad SMARTS) is 1. The molecule has 21 heavy (non-hydrogen) atoms. The number of amides is 3. The first kappa shape index (κ1) is 17.0. The average molecular weight is 358 g/mol. The van der Waals surface area contributed by atoms with Gasteiger partial charge in [0.2, 0.25) is 5.91 Å². The Morgan fingerprint density at radius 1 is 1.24 bits per heavy atom. The fourth-order valence-corrected chi connectivity index (χ4v) is 1.75. The highest BCUT2D eigenvalue weighted by Gasteiger charge is 2.10. The lowest BCUT2D eigenvalue weighted by molar-refractivity contribution is -0.120. The average Bonchev–Trinajstić information content (AvgIpc) is 2.45. The fraction of sp³-hybridized carbons (Fsp3) is 0.308. The van der Waals surface area contributed by atoms with E-state index >= 15 is 0 Å². The maximum Gasteiger partial charge on any atom is 0.335 e. The second-order valence-electron chi connectivity index (χ2n) is 4.16. The SMILES string of the molecule is CCCNC(=O)CNC(=O)Nc1cc(C(=O)O)ccc1Br. The number of carbonyl (C=O) groups excluding carboxylic acids is 2. The van der Waals surface area contributed by atoms with Gasteiger partial charge in [0, 0.05) is 11.0 Å². The molecule has 3 amide bonds. The Morgan fingerprint density at radius 3 is 2.57 bits per heavy atom. The molecule has 0 aromatic heterocycles. The molecular formula is C13H16BrN3O4. The van der Waals surface area contributed by atoms with Crippen molar-refractivity contribution in [3.05, 3.63) is 28.2 Å². The predicted molar refractivity (Wildman–Crippen MR) is 81.4 cm³/mol. The van der Waals surface area contributed by atoms with Gasteiger partial charge in [-0.3, -0.25) is 4.79 Å². The Kier molecular flexibility index (Phi) is 6.67. The quantitative estimate of drug-likeness (QED) is 0.622. The van der Waals surface area contributed by atoms with Gasteiger partial charge in [-0.25, -0.2) is 9.59 Å². The van der Waals surface area contributed by atoms with Gasteiger partial charge in [-0.1, -0.05) is 6.92 Å². The van der Waals surface area contributed by atoms with Gasteiger partial charge in [-0.05, 0) is 40.5 Å². The molecule has 7 nitrogen and oxygen atoms in total. The third-order valence-electron chi connectivity index (χ3n) is 2.44. The Bertz CT molecular complexity index is 548. The number of halogens is 1. The first-order valence-electron chi connectivity index (χ1n) is 6.28. The van der Waals surface area contributed by atoms with E-state index < -0.39 is 12.0 Å². The van der Waals surface area contributed by atoms with Crippen molar-refractivity contribution in [2.75, 3.05) is 18.4 Å². The second kappa shape index (κ2) is 8.25. The highest BCUT2D eigenvalue weighted by molar-refractivity contribution is 9.10. The predicted octanol–water partition coefficient (Wildman–Crippen LogP) is 1.79. The van der Waals surface area contributed by atoms with Crippen LogP contribution in [0.15, 0.2) is 22.7 Å². The van der Waals surface area contributed by atoms with Crippen molar-refractivity contribution in [1.29, 1.82) is 0 Å². The Balaban J connectivity index is 2.56. The number of benzene rings is 1. The number of aromatic carboxylic acids is 1. The standard InChI is InChI=1S/C13H16BrN3O4/c1-2-5-15-11(18)7-16-13(21)17-10-6-8(12(19)20)3-4-9(10)14/h3-4,6H,2,5,7H2,1H3,(H,15,18)(H,19,20)(H2,16,17,21). The summed E-state index contributed by atoms with van der Waals surface area (Å²) in [5.74, 6) is -1.38. The highest BCUT2D eigenvalue weighted by atomic mass is 79.9. The Hall–Kier alpha value is -2.09. The number of carbonyl (C=O) groups is 3. The first-order chi connectivity index (χ1) is 9.93. The van der Waals surface area contributed by atoms with Gasteiger partial charge < -0.3 is 21.1 Å². The van der Waals surface area contributed by atoms with Crippen LogP contribution in [0.25, 0.3) is 0 Å². The Morgan fingerprint density at radius 2 is 1.95 bits per heavy atom. The molecule has 0 unspecified atom stereocenters. The molecule has 0 heterocycles. The molecule has 8 heteroatoms. The summed E-state index contributed by atoms with van der Waals surface area (Å²) in [5, 5.41) is 16.4. The number of rotatable bonds is 6. The van der Waals surface area contributed by atoms with Crippen molar-refractivity contribution in [1.82, 2.24) is 10.6 Å². The summed E-state index contributed by atoms with van der Waals surface area (Å²) >= 11 is 3.21. The fourth-order valence-electron chi connectivity index (χ4n) is 1.41. The minimum Gasteiger partial charge on any atom is -0.478 e. The summed E-state index contributed by atoms with van der Waals surface area (Å²) in [5.41, 5.74) is 0.357. The van der Waals surface area contributed by atoms with Crippen LogP contribution in [-0.2, 0) is 4.79 Å². The van der Waals surface area contributed by atoms with E-state index in [1.165, 1.54) is 18.2 Å². The van der Waals surface area contributed by atoms with E-state index in [0.29, 0.717) is 16.7 Å². The summed E-state index contributed by atoms with van der Waals surface area (Å²) in [6.07, 6.45) is 0.812. The molecule has 0 aliphatic carbocycles. The summed E-state index contributed by atoms with van der Waals surface area (Å²) in [7, 11) is 0. The van der Waals surface area contributed by atoms with E-state index in [1.807, 2.05) is 6.92 Å². The van der Waals surface area contributed by atoms with Crippen molar-refractivity contribution >= 4 is 39.5 Å². The molecule has 0 bridgehead atoms. The van der Waals surface area contributed by atoms with Crippen LogP contribution >= 0.6 is 15.9 Å². The molecule has 0 saturated carbocycles. The van der Waals surface area contributed by atoms with Crippen LogP contribution in [0.2, 0.25) is 0 Å². The van der Waals surface area contributed by atoms with E-state index in [4.69, 9.17) is 5.11 Å². The van der Waals surface area contributed by atoms with Gasteiger partial charge in [-0.15, -0.1) is 0 Å². The summed E-state index contributed by atoms with van der Waals surface area (Å²) in [6.45, 7) is 2.32. The first-order valence-corrected chi connectivity index (χ1v) is 7.07. The van der Waals surface area contributed by atoms with Crippen LogP contribution in [0.5, 0.6) is 0 Å². The largest absolute Gasteiger partial charge is 0.478 e. The number of carboxylic acids is 1. The van der Waals surface area contributed by atoms with Crippen LogP contribution in [0.4, 0.5) is 10.5 Å². The van der Waals surface area contributed by atoms with Crippen LogP contribution in [0, 0.1) is 0 Å². The molecular weight excluding hydrogens is 342 g/mol. The molecule has 0 aliphatic heterocycles. The molecule has 0 radical (unpaired) electrons. The zero-order valence-electron chi connectivity index (χ0n) is 11.4. The number of nitrogens with one attached hydrogen (secondary N) is 3. The molecule has 4 N–H and O–H groups in total. The number of hydrogen-bond donors (Lipinski definition) is 4. The monoisotopic (exact) mass is 357 g/mol. The Labute approximate surface area is 130 Å². The van der Waals surface area contributed by atoms with Gasteiger partial charge in [0.15, 0.2) is 0 Å². The van der Waals surface area contributed by atoms with E-state index in [0.717, 1.165) is 6.42 Å². The molecule has 0 saturated heterocycles. The third-order valence-corrected chi connectivity index (χ3v) is 3.13. The zero-order valence-corrected chi connectivity index (χ0v) is 13.0. The van der Waals surface area contributed by atoms with Crippen LogP contribution in [0.1, 0.15) is 23.7 Å². The maximum atomic E-state index is 11.7. The minimum absolute atomic E-state index is 0.0502. The number of anilines is 1. The highest BCUT2D eigenvalue weighted by Crippen LogP contribution is 2.23. The second-order valence-corrected chi connectivity index (χ2v) is 5.01. The van der Waals surface area contributed by atoms with Crippen LogP contribution in [-0.4, -0.2) is 36.1 Å². The lowest BCUT2D eigenvalue weighted by Gasteiger charge is -2.10. The summed E-state index contributed by atoms with van der Waals surface area (Å²) in [4.78, 5) is 33.9. The van der Waals surface area contributed by atoms with Crippen molar-refractivity contribution in [3.63, 3.8) is 0 Å². The third kappa shape index (κ3) is 5.82. The maximum absolute atomic E-state index is 11.7. The van der Waals surface area contributed by atoms with E-state index in [1.54, 1.807) is 0 Å². The van der Waals surface area contributed by atoms with Gasteiger partial charge in [0.1, 0.15) is 0 Å². The molecule has 1 aromatic carbocycles. The molecule has 0 aliphatic rings. The normalized spacial score (nSPS) is 9.81. The van der Waals surface area contributed by atoms with Gasteiger partial charge in [0.05, 0.1) is 17.8 Å². The van der Waals surface area contributed by atoms with Crippen LogP contribution < -0.4 is 16.0 Å². The molecule has 1 aromatic rings. The van der Waals surface area contributed by atoms with Gasteiger partial charge >= 0.3 is 12.0 Å². The van der Waals surface area contributed by atoms with Crippen molar-refractivity contribution in [3.8, 4) is 0 Å². The van der Waals surface area contributed by atoms with E-state index in [9.17, 15) is 14.4 Å². The molecule has 114 valence electrons. The molecule has 0 atom stereocenters. The van der Waals surface area contributed by atoms with Crippen molar-refractivity contribution in [2.24, 2.45) is 0 Å². The lowest BCUT2D eigenvalue weighted by Crippen LogP contribution is -2.39. The molecule has 0 spiro atoms. The summed E-state index contributed by atoms with van der Waals surface area (Å²) < 4.78 is 0.540. The zero-order chi connectivity index (χ0) is 15.8. The van der Waals surface area contributed by atoms with Gasteiger partial charge in [-0.2, -0.15) is 0 Å². The minimum atomic E-state index is -1.09. The van der Waals surface area contributed by atoms with E-state index in [2.05, 4.69) is 31.9 Å².